The zero-order valence-electron chi connectivity index (χ0n) is 8.70. The maximum absolute atomic E-state index is 13.2. The third kappa shape index (κ3) is 1.52. The average Bonchev–Trinajstić information content (AvgIpc) is 2.74. The Morgan fingerprint density at radius 3 is 2.82 bits per heavy atom. The molecule has 3 rings (SSSR count). The molecular formula is C12H8FN3O. The predicted molar refractivity (Wildman–Crippen MR) is 62.1 cm³/mol. The maximum atomic E-state index is 13.2. The summed E-state index contributed by atoms with van der Waals surface area (Å²) in [5, 5.41) is 10.1. The highest BCUT2D eigenvalue weighted by molar-refractivity contribution is 5.95. The van der Waals surface area contributed by atoms with Crippen molar-refractivity contribution in [2.24, 2.45) is 0 Å². The van der Waals surface area contributed by atoms with Crippen LogP contribution in [0.25, 0.3) is 22.0 Å². The van der Waals surface area contributed by atoms with E-state index >= 15 is 0 Å². The van der Waals surface area contributed by atoms with Crippen molar-refractivity contribution in [3.63, 3.8) is 0 Å². The van der Waals surface area contributed by atoms with Crippen LogP contribution in [0.5, 0.6) is 0 Å². The van der Waals surface area contributed by atoms with Gasteiger partial charge < -0.3 is 0 Å². The van der Waals surface area contributed by atoms with Crippen LogP contribution < -0.4 is 5.56 Å². The summed E-state index contributed by atoms with van der Waals surface area (Å²) in [5.41, 5.74) is 0.562. The molecule has 17 heavy (non-hydrogen) atoms. The Morgan fingerprint density at radius 1 is 1.18 bits per heavy atom. The standard InChI is InChI=1S/C12H8FN3O/c13-8-5-4-7-2-1-3-9(10(7)6-8)11-12(17)15-16-14-11/h1-6H,(H2,14,15,16,17). The molecule has 5 heteroatoms. The molecule has 0 atom stereocenters. The molecule has 0 amide bonds. The van der Waals surface area contributed by atoms with Crippen LogP contribution in [0.4, 0.5) is 4.39 Å². The lowest BCUT2D eigenvalue weighted by Crippen LogP contribution is -2.02. The van der Waals surface area contributed by atoms with Crippen molar-refractivity contribution in [3.8, 4) is 11.3 Å². The van der Waals surface area contributed by atoms with E-state index in [0.717, 1.165) is 5.39 Å². The number of fused-ring (bicyclic) bond motifs is 1. The van der Waals surface area contributed by atoms with Gasteiger partial charge in [-0.1, -0.05) is 24.3 Å². The lowest BCUT2D eigenvalue weighted by atomic mass is 10.0. The first-order valence-electron chi connectivity index (χ1n) is 5.07. The van der Waals surface area contributed by atoms with Gasteiger partial charge in [0.2, 0.25) is 0 Å². The van der Waals surface area contributed by atoms with Crippen molar-refractivity contribution in [1.82, 2.24) is 15.4 Å². The Kier molecular flexibility index (Phi) is 2.04. The van der Waals surface area contributed by atoms with Gasteiger partial charge in [-0.25, -0.2) is 14.7 Å². The molecule has 2 aromatic carbocycles. The molecule has 0 radical (unpaired) electrons. The van der Waals surface area contributed by atoms with Gasteiger partial charge in [-0.2, -0.15) is 5.10 Å². The summed E-state index contributed by atoms with van der Waals surface area (Å²) in [5.74, 6) is -0.336. The van der Waals surface area contributed by atoms with Gasteiger partial charge in [0.1, 0.15) is 5.82 Å². The fourth-order valence-corrected chi connectivity index (χ4v) is 1.88. The van der Waals surface area contributed by atoms with Gasteiger partial charge in [0.05, 0.1) is 0 Å². The van der Waals surface area contributed by atoms with E-state index in [4.69, 9.17) is 0 Å². The number of aromatic nitrogens is 3. The second kappa shape index (κ2) is 3.55. The topological polar surface area (TPSA) is 61.5 Å². The minimum absolute atomic E-state index is 0.265. The van der Waals surface area contributed by atoms with Gasteiger partial charge in [-0.15, -0.1) is 0 Å². The molecule has 84 valence electrons. The van der Waals surface area contributed by atoms with E-state index in [1.807, 2.05) is 12.1 Å². The second-order valence-electron chi connectivity index (χ2n) is 3.70. The van der Waals surface area contributed by atoms with E-state index in [-0.39, 0.29) is 17.1 Å². The Morgan fingerprint density at radius 2 is 2.06 bits per heavy atom. The monoisotopic (exact) mass is 229 g/mol. The molecule has 0 unspecified atom stereocenters. The normalized spacial score (nSPS) is 10.9. The first kappa shape index (κ1) is 9.77. The van der Waals surface area contributed by atoms with Crippen molar-refractivity contribution in [3.05, 3.63) is 52.6 Å². The van der Waals surface area contributed by atoms with Crippen LogP contribution in [0.1, 0.15) is 0 Å². The summed E-state index contributed by atoms with van der Waals surface area (Å²) in [6.07, 6.45) is 0. The highest BCUT2D eigenvalue weighted by Crippen LogP contribution is 2.25. The molecule has 0 spiro atoms. The van der Waals surface area contributed by atoms with E-state index in [2.05, 4.69) is 15.4 Å². The molecule has 4 nitrogen and oxygen atoms in total. The predicted octanol–water partition coefficient (Wildman–Crippen LogP) is 2.06. The van der Waals surface area contributed by atoms with E-state index in [1.54, 1.807) is 12.1 Å². The fourth-order valence-electron chi connectivity index (χ4n) is 1.88. The first-order chi connectivity index (χ1) is 8.25. The third-order valence-electron chi connectivity index (χ3n) is 2.65. The van der Waals surface area contributed by atoms with Gasteiger partial charge in [-0.05, 0) is 22.9 Å². The van der Waals surface area contributed by atoms with Crippen LogP contribution in [-0.2, 0) is 0 Å². The SMILES string of the molecule is O=c1[nH][nH]nc1-c1cccc2ccc(F)cc12. The van der Waals surface area contributed by atoms with E-state index in [0.29, 0.717) is 10.9 Å². The number of rotatable bonds is 1. The molecule has 0 fully saturated rings. The summed E-state index contributed by atoms with van der Waals surface area (Å²) in [4.78, 5) is 11.5. The molecule has 0 saturated carbocycles. The number of aromatic amines is 2. The van der Waals surface area contributed by atoms with Crippen molar-refractivity contribution >= 4 is 10.8 Å². The molecule has 1 heterocycles. The number of nitrogens with zero attached hydrogens (tertiary/aromatic N) is 1. The molecule has 0 saturated heterocycles. The van der Waals surface area contributed by atoms with Crippen LogP contribution in [0, 0.1) is 5.82 Å². The molecule has 1 aromatic heterocycles. The van der Waals surface area contributed by atoms with Crippen LogP contribution in [0.3, 0.4) is 0 Å². The van der Waals surface area contributed by atoms with Crippen LogP contribution >= 0.6 is 0 Å². The van der Waals surface area contributed by atoms with Crippen LogP contribution in [0.2, 0.25) is 0 Å². The lowest BCUT2D eigenvalue weighted by molar-refractivity contribution is 0.630. The quantitative estimate of drug-likeness (QED) is 0.670. The second-order valence-corrected chi connectivity index (χ2v) is 3.70. The number of hydrogen-bond acceptors (Lipinski definition) is 2. The highest BCUT2D eigenvalue weighted by Gasteiger charge is 2.10. The lowest BCUT2D eigenvalue weighted by Gasteiger charge is -2.02. The molecular weight excluding hydrogens is 221 g/mol. The van der Waals surface area contributed by atoms with Crippen molar-refractivity contribution in [2.75, 3.05) is 0 Å². The zero-order valence-corrected chi connectivity index (χ0v) is 8.70. The Balaban J connectivity index is 2.41. The molecule has 2 N–H and O–H groups in total. The van der Waals surface area contributed by atoms with Crippen molar-refractivity contribution in [2.45, 2.75) is 0 Å². The zero-order chi connectivity index (χ0) is 11.8. The summed E-state index contributed by atoms with van der Waals surface area (Å²) < 4.78 is 13.2. The van der Waals surface area contributed by atoms with Crippen LogP contribution in [-0.4, -0.2) is 15.4 Å². The van der Waals surface area contributed by atoms with Gasteiger partial charge in [-0.3, -0.25) is 4.79 Å². The average molecular weight is 229 g/mol. The van der Waals surface area contributed by atoms with Crippen LogP contribution in [0.15, 0.2) is 41.2 Å². The summed E-state index contributed by atoms with van der Waals surface area (Å²) in [6, 6.07) is 9.88. The number of halogens is 1. The Hall–Kier alpha value is -2.43. The molecule has 0 aliphatic rings. The summed E-state index contributed by atoms with van der Waals surface area (Å²) in [7, 11) is 0. The van der Waals surface area contributed by atoms with Gasteiger partial charge in [0, 0.05) is 5.56 Å². The maximum Gasteiger partial charge on any atom is 0.291 e. The molecule has 0 bridgehead atoms. The minimum Gasteiger partial charge on any atom is -0.265 e. The molecule has 0 aliphatic heterocycles. The number of hydrogen-bond donors (Lipinski definition) is 2. The summed E-state index contributed by atoms with van der Waals surface area (Å²) in [6.45, 7) is 0. The number of H-pyrrole nitrogens is 2. The third-order valence-corrected chi connectivity index (χ3v) is 2.65. The molecule has 0 aliphatic carbocycles. The fraction of sp³-hybridized carbons (Fsp3) is 0. The summed E-state index contributed by atoms with van der Waals surface area (Å²) >= 11 is 0. The van der Waals surface area contributed by atoms with Crippen molar-refractivity contribution < 1.29 is 4.39 Å². The van der Waals surface area contributed by atoms with Gasteiger partial charge in [0.25, 0.3) is 5.56 Å². The molecule has 3 aromatic rings. The van der Waals surface area contributed by atoms with E-state index in [1.165, 1.54) is 12.1 Å². The Bertz CT molecular complexity index is 745. The highest BCUT2D eigenvalue weighted by atomic mass is 19.1. The van der Waals surface area contributed by atoms with E-state index < -0.39 is 0 Å². The largest absolute Gasteiger partial charge is 0.291 e. The smallest absolute Gasteiger partial charge is 0.265 e. The Labute approximate surface area is 95.1 Å². The van der Waals surface area contributed by atoms with Gasteiger partial charge in [0.15, 0.2) is 5.69 Å². The minimum atomic E-state index is -0.336. The number of benzene rings is 2. The number of nitrogens with one attached hydrogen (secondary N) is 2. The van der Waals surface area contributed by atoms with Crippen molar-refractivity contribution in [1.29, 1.82) is 0 Å². The first-order valence-corrected chi connectivity index (χ1v) is 5.07. The van der Waals surface area contributed by atoms with Gasteiger partial charge >= 0.3 is 0 Å². The van der Waals surface area contributed by atoms with E-state index in [9.17, 15) is 9.18 Å².